The van der Waals surface area contributed by atoms with Gasteiger partial charge in [-0.2, -0.15) is 0 Å². The molecule has 0 saturated heterocycles. The zero-order valence-corrected chi connectivity index (χ0v) is 12.3. The molecule has 0 fully saturated rings. The molecule has 2 atom stereocenters. The van der Waals surface area contributed by atoms with Crippen LogP contribution in [0.15, 0.2) is 24.3 Å². The maximum Gasteiger partial charge on any atom is 0.0713 e. The fraction of sp³-hybridized carbons (Fsp3) is 0.571. The molecule has 0 aliphatic heterocycles. The lowest BCUT2D eigenvalue weighted by Gasteiger charge is -2.13. The quantitative estimate of drug-likeness (QED) is 0.785. The summed E-state index contributed by atoms with van der Waals surface area (Å²) in [6.07, 6.45) is 2.70. The number of ether oxygens (including phenoxy) is 1. The second-order valence-electron chi connectivity index (χ2n) is 4.60. The molecule has 0 aliphatic carbocycles. The number of hydrogen-bond acceptors (Lipinski definition) is 3. The molecule has 18 heavy (non-hydrogen) atoms. The van der Waals surface area contributed by atoms with E-state index in [1.54, 1.807) is 13.4 Å². The highest BCUT2D eigenvalue weighted by molar-refractivity contribution is 7.84. The van der Waals surface area contributed by atoms with E-state index in [9.17, 15) is 4.21 Å². The van der Waals surface area contributed by atoms with E-state index in [1.165, 1.54) is 11.1 Å². The SMILES string of the molecule is COCc1cccc(CNC(C)CCS(C)=O)c1. The average molecular weight is 269 g/mol. The molecular weight excluding hydrogens is 246 g/mol. The number of benzene rings is 1. The molecule has 0 radical (unpaired) electrons. The fourth-order valence-electron chi connectivity index (χ4n) is 1.73. The van der Waals surface area contributed by atoms with Gasteiger partial charge in [0, 0.05) is 42.5 Å². The standard InChI is InChI=1S/C14H23NO2S/c1-12(7-8-18(3)16)15-10-13-5-4-6-14(9-13)11-17-2/h4-6,9,12,15H,7-8,10-11H2,1-3H3. The van der Waals surface area contributed by atoms with Crippen LogP contribution >= 0.6 is 0 Å². The summed E-state index contributed by atoms with van der Waals surface area (Å²) < 4.78 is 16.1. The largest absolute Gasteiger partial charge is 0.380 e. The van der Waals surface area contributed by atoms with Crippen molar-refractivity contribution in [1.82, 2.24) is 5.32 Å². The van der Waals surface area contributed by atoms with Crippen LogP contribution in [0.1, 0.15) is 24.5 Å². The van der Waals surface area contributed by atoms with Gasteiger partial charge in [0.1, 0.15) is 0 Å². The van der Waals surface area contributed by atoms with E-state index in [2.05, 4.69) is 36.5 Å². The number of rotatable bonds is 8. The van der Waals surface area contributed by atoms with Crippen LogP contribution in [-0.4, -0.2) is 29.4 Å². The molecule has 1 N–H and O–H groups in total. The summed E-state index contributed by atoms with van der Waals surface area (Å²) >= 11 is 0. The van der Waals surface area contributed by atoms with Gasteiger partial charge < -0.3 is 10.1 Å². The Labute approximate surface area is 112 Å². The van der Waals surface area contributed by atoms with Gasteiger partial charge in [0.15, 0.2) is 0 Å². The molecular formula is C14H23NO2S. The zero-order chi connectivity index (χ0) is 13.4. The fourth-order valence-corrected chi connectivity index (χ4v) is 2.42. The van der Waals surface area contributed by atoms with Crippen LogP contribution in [0.3, 0.4) is 0 Å². The van der Waals surface area contributed by atoms with E-state index in [-0.39, 0.29) is 0 Å². The molecule has 0 aliphatic rings. The second kappa shape index (κ2) is 8.40. The predicted molar refractivity (Wildman–Crippen MR) is 77.0 cm³/mol. The van der Waals surface area contributed by atoms with Crippen molar-refractivity contribution in [2.24, 2.45) is 0 Å². The van der Waals surface area contributed by atoms with E-state index in [0.717, 1.165) is 18.7 Å². The van der Waals surface area contributed by atoms with Crippen molar-refractivity contribution in [1.29, 1.82) is 0 Å². The van der Waals surface area contributed by atoms with Gasteiger partial charge in [-0.15, -0.1) is 0 Å². The summed E-state index contributed by atoms with van der Waals surface area (Å²) in [6.45, 7) is 3.62. The molecule has 0 saturated carbocycles. The number of nitrogens with one attached hydrogen (secondary N) is 1. The molecule has 2 unspecified atom stereocenters. The first-order chi connectivity index (χ1) is 8.61. The third kappa shape index (κ3) is 6.28. The van der Waals surface area contributed by atoms with Gasteiger partial charge in [-0.1, -0.05) is 24.3 Å². The van der Waals surface area contributed by atoms with E-state index in [1.807, 2.05) is 0 Å². The Balaban J connectivity index is 2.38. The molecule has 0 heterocycles. The number of hydrogen-bond donors (Lipinski definition) is 1. The lowest BCUT2D eigenvalue weighted by molar-refractivity contribution is 0.185. The molecule has 3 nitrogen and oxygen atoms in total. The van der Waals surface area contributed by atoms with Gasteiger partial charge in [0.05, 0.1) is 6.61 Å². The maximum absolute atomic E-state index is 11.0. The molecule has 1 aromatic carbocycles. The normalized spacial score (nSPS) is 14.4. The molecule has 1 aromatic rings. The van der Waals surface area contributed by atoms with Gasteiger partial charge in [-0.3, -0.25) is 4.21 Å². The molecule has 102 valence electrons. The minimum absolute atomic E-state index is 0.389. The summed E-state index contributed by atoms with van der Waals surface area (Å²) in [5.74, 6) is 0.762. The second-order valence-corrected chi connectivity index (χ2v) is 6.16. The van der Waals surface area contributed by atoms with Crippen molar-refractivity contribution in [3.63, 3.8) is 0 Å². The van der Waals surface area contributed by atoms with Crippen LogP contribution in [0.4, 0.5) is 0 Å². The number of methoxy groups -OCH3 is 1. The summed E-state index contributed by atoms with van der Waals surface area (Å²) in [5, 5.41) is 3.45. The lowest BCUT2D eigenvalue weighted by Crippen LogP contribution is -2.27. The van der Waals surface area contributed by atoms with Crippen LogP contribution < -0.4 is 5.32 Å². The lowest BCUT2D eigenvalue weighted by atomic mass is 10.1. The van der Waals surface area contributed by atoms with E-state index >= 15 is 0 Å². The highest BCUT2D eigenvalue weighted by Gasteiger charge is 2.03. The van der Waals surface area contributed by atoms with E-state index in [0.29, 0.717) is 12.6 Å². The first-order valence-electron chi connectivity index (χ1n) is 6.22. The molecule has 1 rings (SSSR count). The Morgan fingerprint density at radius 1 is 1.39 bits per heavy atom. The molecule has 4 heteroatoms. The summed E-state index contributed by atoms with van der Waals surface area (Å²) in [5.41, 5.74) is 2.45. The van der Waals surface area contributed by atoms with Crippen LogP contribution in [0, 0.1) is 0 Å². The van der Waals surface area contributed by atoms with Crippen molar-refractivity contribution in [3.8, 4) is 0 Å². The Bertz CT molecular complexity index is 382. The topological polar surface area (TPSA) is 38.3 Å². The Morgan fingerprint density at radius 2 is 2.11 bits per heavy atom. The molecule has 0 spiro atoms. The average Bonchev–Trinajstić information content (AvgIpc) is 2.35. The third-order valence-corrected chi connectivity index (χ3v) is 3.61. The van der Waals surface area contributed by atoms with Gasteiger partial charge in [0.25, 0.3) is 0 Å². The zero-order valence-electron chi connectivity index (χ0n) is 11.4. The third-order valence-electron chi connectivity index (χ3n) is 2.80. The van der Waals surface area contributed by atoms with E-state index in [4.69, 9.17) is 4.74 Å². The van der Waals surface area contributed by atoms with Gasteiger partial charge in [-0.25, -0.2) is 0 Å². The Morgan fingerprint density at radius 3 is 2.78 bits per heavy atom. The van der Waals surface area contributed by atoms with Gasteiger partial charge in [-0.05, 0) is 24.5 Å². The smallest absolute Gasteiger partial charge is 0.0713 e. The Kier molecular flexibility index (Phi) is 7.16. The highest BCUT2D eigenvalue weighted by Crippen LogP contribution is 2.07. The maximum atomic E-state index is 11.0. The van der Waals surface area contributed by atoms with Crippen LogP contribution in [0.2, 0.25) is 0 Å². The highest BCUT2D eigenvalue weighted by atomic mass is 32.2. The molecule has 0 aromatic heterocycles. The predicted octanol–water partition coefficient (Wildman–Crippen LogP) is 2.08. The van der Waals surface area contributed by atoms with Crippen molar-refractivity contribution in [2.45, 2.75) is 32.5 Å². The van der Waals surface area contributed by atoms with Crippen molar-refractivity contribution in [2.75, 3.05) is 19.1 Å². The van der Waals surface area contributed by atoms with Crippen LogP contribution in [0.5, 0.6) is 0 Å². The van der Waals surface area contributed by atoms with Crippen molar-refractivity contribution in [3.05, 3.63) is 35.4 Å². The van der Waals surface area contributed by atoms with Crippen LogP contribution in [-0.2, 0) is 28.7 Å². The van der Waals surface area contributed by atoms with Crippen molar-refractivity contribution >= 4 is 10.8 Å². The van der Waals surface area contributed by atoms with E-state index < -0.39 is 10.8 Å². The summed E-state index contributed by atoms with van der Waals surface area (Å²) in [4.78, 5) is 0. The molecule has 0 bridgehead atoms. The Hall–Kier alpha value is -0.710. The van der Waals surface area contributed by atoms with Gasteiger partial charge >= 0.3 is 0 Å². The summed E-state index contributed by atoms with van der Waals surface area (Å²) in [6, 6.07) is 8.77. The minimum Gasteiger partial charge on any atom is -0.380 e. The first kappa shape index (κ1) is 15.3. The summed E-state index contributed by atoms with van der Waals surface area (Å²) in [7, 11) is 1.01. The van der Waals surface area contributed by atoms with Gasteiger partial charge in [0.2, 0.25) is 0 Å². The van der Waals surface area contributed by atoms with Crippen molar-refractivity contribution < 1.29 is 8.95 Å². The monoisotopic (exact) mass is 269 g/mol. The minimum atomic E-state index is -0.697. The van der Waals surface area contributed by atoms with Crippen LogP contribution in [0.25, 0.3) is 0 Å². The molecule has 0 amide bonds. The first-order valence-corrected chi connectivity index (χ1v) is 7.94.